The maximum atomic E-state index is 13.3. The van der Waals surface area contributed by atoms with E-state index in [-0.39, 0.29) is 12.4 Å². The van der Waals surface area contributed by atoms with Crippen molar-refractivity contribution in [2.75, 3.05) is 0 Å². The van der Waals surface area contributed by atoms with Crippen LogP contribution in [0.3, 0.4) is 0 Å². The number of halogens is 1. The van der Waals surface area contributed by atoms with Gasteiger partial charge in [-0.3, -0.25) is 0 Å². The molecule has 2 rings (SSSR count). The summed E-state index contributed by atoms with van der Waals surface area (Å²) < 4.78 is 13.3. The number of aromatic nitrogens is 2. The molecule has 1 aromatic carbocycles. The SMILES string of the molecule is Cc1ccc(-c2ncc(CO)[nH]2)cc1F. The van der Waals surface area contributed by atoms with Crippen molar-refractivity contribution in [1.82, 2.24) is 9.97 Å². The molecule has 2 N–H and O–H groups in total. The van der Waals surface area contributed by atoms with Crippen molar-refractivity contribution in [3.05, 3.63) is 41.5 Å². The fraction of sp³-hybridized carbons (Fsp3) is 0.182. The summed E-state index contributed by atoms with van der Waals surface area (Å²) in [6.07, 6.45) is 1.53. The first-order valence-electron chi connectivity index (χ1n) is 4.62. The Hall–Kier alpha value is -1.68. The third-order valence-corrected chi connectivity index (χ3v) is 2.24. The molecule has 0 aliphatic heterocycles. The molecule has 78 valence electrons. The molecule has 0 aliphatic rings. The van der Waals surface area contributed by atoms with Crippen molar-refractivity contribution in [2.24, 2.45) is 0 Å². The van der Waals surface area contributed by atoms with E-state index in [4.69, 9.17) is 5.11 Å². The average Bonchev–Trinajstić information content (AvgIpc) is 2.70. The first kappa shape index (κ1) is 9.86. The zero-order chi connectivity index (χ0) is 10.8. The number of nitrogens with one attached hydrogen (secondary N) is 1. The zero-order valence-electron chi connectivity index (χ0n) is 8.29. The Bertz CT molecular complexity index is 479. The Kier molecular flexibility index (Phi) is 2.51. The summed E-state index contributed by atoms with van der Waals surface area (Å²) in [4.78, 5) is 6.94. The number of aliphatic hydroxyl groups excluding tert-OH is 1. The Morgan fingerprint density at radius 3 is 2.87 bits per heavy atom. The molecule has 3 nitrogen and oxygen atoms in total. The fourth-order valence-electron chi connectivity index (χ4n) is 1.33. The quantitative estimate of drug-likeness (QED) is 0.789. The first-order valence-corrected chi connectivity index (χ1v) is 4.62. The van der Waals surface area contributed by atoms with Crippen LogP contribution in [0.1, 0.15) is 11.3 Å². The molecular weight excluding hydrogens is 195 g/mol. The van der Waals surface area contributed by atoms with Gasteiger partial charge in [-0.1, -0.05) is 12.1 Å². The van der Waals surface area contributed by atoms with Crippen molar-refractivity contribution in [3.8, 4) is 11.4 Å². The summed E-state index contributed by atoms with van der Waals surface area (Å²) in [5.41, 5.74) is 1.90. The van der Waals surface area contributed by atoms with Gasteiger partial charge in [0.1, 0.15) is 11.6 Å². The molecule has 0 atom stereocenters. The largest absolute Gasteiger partial charge is 0.390 e. The van der Waals surface area contributed by atoms with Gasteiger partial charge in [-0.25, -0.2) is 9.37 Å². The van der Waals surface area contributed by atoms with Crippen molar-refractivity contribution >= 4 is 0 Å². The minimum Gasteiger partial charge on any atom is -0.390 e. The maximum Gasteiger partial charge on any atom is 0.137 e. The van der Waals surface area contributed by atoms with Gasteiger partial charge in [0.05, 0.1) is 18.5 Å². The van der Waals surface area contributed by atoms with Crippen LogP contribution >= 0.6 is 0 Å². The molecule has 0 aliphatic carbocycles. The van der Waals surface area contributed by atoms with E-state index in [2.05, 4.69) is 9.97 Å². The predicted molar refractivity (Wildman–Crippen MR) is 54.6 cm³/mol. The van der Waals surface area contributed by atoms with E-state index in [1.165, 1.54) is 12.3 Å². The summed E-state index contributed by atoms with van der Waals surface area (Å²) in [5.74, 6) is 0.312. The number of benzene rings is 1. The predicted octanol–water partition coefficient (Wildman–Crippen LogP) is 2.02. The summed E-state index contributed by atoms with van der Waals surface area (Å²) in [5, 5.41) is 8.85. The van der Waals surface area contributed by atoms with Gasteiger partial charge in [0.25, 0.3) is 0 Å². The van der Waals surface area contributed by atoms with Gasteiger partial charge in [0.2, 0.25) is 0 Å². The number of nitrogens with zero attached hydrogens (tertiary/aromatic N) is 1. The standard InChI is InChI=1S/C11H11FN2O/c1-7-2-3-8(4-10(7)12)11-13-5-9(6-15)14-11/h2-5,15H,6H2,1H3,(H,13,14). The molecule has 0 amide bonds. The second kappa shape index (κ2) is 3.82. The minimum absolute atomic E-state index is 0.0959. The van der Waals surface area contributed by atoms with Crippen LogP contribution in [0, 0.1) is 12.7 Å². The molecule has 0 saturated heterocycles. The molecule has 1 heterocycles. The molecule has 2 aromatic rings. The second-order valence-electron chi connectivity index (χ2n) is 3.38. The third kappa shape index (κ3) is 1.89. The number of rotatable bonds is 2. The lowest BCUT2D eigenvalue weighted by atomic mass is 10.1. The van der Waals surface area contributed by atoms with Crippen LogP contribution in [0.5, 0.6) is 0 Å². The molecular formula is C11H11FN2O. The summed E-state index contributed by atoms with van der Waals surface area (Å²) in [6, 6.07) is 4.92. The van der Waals surface area contributed by atoms with E-state index in [0.717, 1.165) is 0 Å². The highest BCUT2D eigenvalue weighted by Crippen LogP contribution is 2.18. The molecule has 0 fully saturated rings. The summed E-state index contributed by atoms with van der Waals surface area (Å²) >= 11 is 0. The van der Waals surface area contributed by atoms with E-state index >= 15 is 0 Å². The minimum atomic E-state index is -0.255. The number of aryl methyl sites for hydroxylation is 1. The van der Waals surface area contributed by atoms with Crippen LogP contribution in [0.4, 0.5) is 4.39 Å². The fourth-order valence-corrected chi connectivity index (χ4v) is 1.33. The van der Waals surface area contributed by atoms with Crippen LogP contribution in [0.25, 0.3) is 11.4 Å². The lowest BCUT2D eigenvalue weighted by Crippen LogP contribution is -1.87. The molecule has 0 spiro atoms. The van der Waals surface area contributed by atoms with Crippen LogP contribution in [0.2, 0.25) is 0 Å². The highest BCUT2D eigenvalue weighted by molar-refractivity contribution is 5.55. The Morgan fingerprint density at radius 1 is 1.47 bits per heavy atom. The number of H-pyrrole nitrogens is 1. The number of hydrogen-bond acceptors (Lipinski definition) is 2. The van der Waals surface area contributed by atoms with Gasteiger partial charge >= 0.3 is 0 Å². The number of imidazole rings is 1. The van der Waals surface area contributed by atoms with E-state index in [1.807, 2.05) is 0 Å². The molecule has 0 unspecified atom stereocenters. The molecule has 0 radical (unpaired) electrons. The Labute approximate surface area is 86.6 Å². The van der Waals surface area contributed by atoms with Crippen LogP contribution in [-0.4, -0.2) is 15.1 Å². The normalized spacial score (nSPS) is 10.6. The van der Waals surface area contributed by atoms with Gasteiger partial charge in [0.15, 0.2) is 0 Å². The number of aliphatic hydroxyl groups is 1. The van der Waals surface area contributed by atoms with Crippen molar-refractivity contribution in [1.29, 1.82) is 0 Å². The average molecular weight is 206 g/mol. The van der Waals surface area contributed by atoms with E-state index in [1.54, 1.807) is 19.1 Å². The van der Waals surface area contributed by atoms with E-state index in [0.29, 0.717) is 22.6 Å². The molecule has 0 bridgehead atoms. The van der Waals surface area contributed by atoms with Crippen LogP contribution < -0.4 is 0 Å². The van der Waals surface area contributed by atoms with Crippen molar-refractivity contribution < 1.29 is 9.50 Å². The lowest BCUT2D eigenvalue weighted by molar-refractivity contribution is 0.277. The van der Waals surface area contributed by atoms with Crippen LogP contribution in [-0.2, 0) is 6.61 Å². The van der Waals surface area contributed by atoms with E-state index < -0.39 is 0 Å². The number of aromatic amines is 1. The first-order chi connectivity index (χ1) is 7.20. The molecule has 0 saturated carbocycles. The van der Waals surface area contributed by atoms with Crippen LogP contribution in [0.15, 0.2) is 24.4 Å². The lowest BCUT2D eigenvalue weighted by Gasteiger charge is -1.99. The van der Waals surface area contributed by atoms with Gasteiger partial charge in [-0.2, -0.15) is 0 Å². The van der Waals surface area contributed by atoms with E-state index in [9.17, 15) is 4.39 Å². The third-order valence-electron chi connectivity index (χ3n) is 2.24. The smallest absolute Gasteiger partial charge is 0.137 e. The van der Waals surface area contributed by atoms with Crippen molar-refractivity contribution in [3.63, 3.8) is 0 Å². The van der Waals surface area contributed by atoms with Gasteiger partial charge in [0, 0.05) is 5.56 Å². The Morgan fingerprint density at radius 2 is 2.27 bits per heavy atom. The molecule has 1 aromatic heterocycles. The maximum absolute atomic E-state index is 13.3. The van der Waals surface area contributed by atoms with Gasteiger partial charge in [-0.05, 0) is 18.6 Å². The zero-order valence-corrected chi connectivity index (χ0v) is 8.29. The highest BCUT2D eigenvalue weighted by Gasteiger charge is 2.05. The summed E-state index contributed by atoms with van der Waals surface area (Å²) in [6.45, 7) is 1.61. The number of hydrogen-bond donors (Lipinski definition) is 2. The second-order valence-corrected chi connectivity index (χ2v) is 3.38. The summed E-state index contributed by atoms with van der Waals surface area (Å²) in [7, 11) is 0. The monoisotopic (exact) mass is 206 g/mol. The van der Waals surface area contributed by atoms with Gasteiger partial charge in [-0.15, -0.1) is 0 Å². The van der Waals surface area contributed by atoms with Gasteiger partial charge < -0.3 is 10.1 Å². The molecule has 15 heavy (non-hydrogen) atoms. The Balaban J connectivity index is 2.40. The van der Waals surface area contributed by atoms with Crippen molar-refractivity contribution in [2.45, 2.75) is 13.5 Å². The topological polar surface area (TPSA) is 48.9 Å². The highest BCUT2D eigenvalue weighted by atomic mass is 19.1. The molecule has 4 heteroatoms.